The lowest BCUT2D eigenvalue weighted by molar-refractivity contribution is -0.120. The van der Waals surface area contributed by atoms with Gasteiger partial charge in [-0.25, -0.2) is 0 Å². The number of nitrogens with one attached hydrogen (secondary N) is 1. The van der Waals surface area contributed by atoms with Crippen LogP contribution in [-0.2, 0) is 10.4 Å². The Morgan fingerprint density at radius 1 is 1.24 bits per heavy atom. The number of nitrogens with zero attached hydrogens (tertiary/aromatic N) is 2. The van der Waals surface area contributed by atoms with Crippen LogP contribution in [0.25, 0.3) is 10.9 Å². The molecule has 0 aliphatic carbocycles. The zero-order valence-corrected chi connectivity index (χ0v) is 14.7. The van der Waals surface area contributed by atoms with Crippen molar-refractivity contribution in [2.24, 2.45) is 0 Å². The second-order valence-corrected chi connectivity index (χ2v) is 6.84. The van der Waals surface area contributed by atoms with Crippen molar-refractivity contribution < 1.29 is 9.90 Å². The van der Waals surface area contributed by atoms with Crippen LogP contribution >= 0.6 is 0 Å². The molecule has 2 N–H and O–H groups in total. The highest BCUT2D eigenvalue weighted by molar-refractivity contribution is 5.94. The van der Waals surface area contributed by atoms with E-state index in [9.17, 15) is 9.90 Å². The number of benzene rings is 2. The van der Waals surface area contributed by atoms with Gasteiger partial charge in [-0.15, -0.1) is 0 Å². The maximum atomic E-state index is 12.4. The quantitative estimate of drug-likeness (QED) is 0.743. The first-order valence-corrected chi connectivity index (χ1v) is 8.42. The van der Waals surface area contributed by atoms with Gasteiger partial charge in [0.15, 0.2) is 0 Å². The predicted molar refractivity (Wildman–Crippen MR) is 99.4 cm³/mol. The molecule has 0 aliphatic heterocycles. The Bertz CT molecular complexity index is 882. The first-order valence-electron chi connectivity index (χ1n) is 8.42. The first-order chi connectivity index (χ1) is 11.8. The normalized spacial score (nSPS) is 13.8. The van der Waals surface area contributed by atoms with E-state index in [-0.39, 0.29) is 18.4 Å². The molecule has 0 bridgehead atoms. The molecule has 0 spiro atoms. The number of anilines is 1. The predicted octanol–water partition coefficient (Wildman–Crippen LogP) is 3.85. The Morgan fingerprint density at radius 2 is 1.96 bits per heavy atom. The second-order valence-electron chi connectivity index (χ2n) is 6.84. The topological polar surface area (TPSA) is 67.2 Å². The molecule has 1 amide bonds. The van der Waals surface area contributed by atoms with E-state index in [1.54, 1.807) is 6.92 Å². The fourth-order valence-corrected chi connectivity index (χ4v) is 2.80. The van der Waals surface area contributed by atoms with Crippen LogP contribution in [0.5, 0.6) is 0 Å². The molecule has 0 fully saturated rings. The summed E-state index contributed by atoms with van der Waals surface area (Å²) in [6, 6.07) is 15.1. The van der Waals surface area contributed by atoms with Crippen LogP contribution in [0.15, 0.2) is 54.7 Å². The molecule has 5 heteroatoms. The van der Waals surface area contributed by atoms with Crippen LogP contribution in [0, 0.1) is 0 Å². The third-order valence-corrected chi connectivity index (χ3v) is 4.24. The van der Waals surface area contributed by atoms with Gasteiger partial charge in [-0.1, -0.05) is 30.3 Å². The Morgan fingerprint density at radius 3 is 2.64 bits per heavy atom. The van der Waals surface area contributed by atoms with E-state index in [0.717, 1.165) is 16.5 Å². The number of aromatic nitrogens is 2. The highest BCUT2D eigenvalue weighted by Crippen LogP contribution is 2.25. The number of hydrogen-bond donors (Lipinski definition) is 2. The van der Waals surface area contributed by atoms with Crippen molar-refractivity contribution in [3.8, 4) is 0 Å². The van der Waals surface area contributed by atoms with Crippen molar-refractivity contribution in [3.05, 3.63) is 60.3 Å². The molecule has 0 saturated heterocycles. The van der Waals surface area contributed by atoms with Gasteiger partial charge in [0.25, 0.3) is 0 Å². The minimum Gasteiger partial charge on any atom is -0.385 e. The Kier molecular flexibility index (Phi) is 4.59. The molecule has 1 heterocycles. The monoisotopic (exact) mass is 337 g/mol. The summed E-state index contributed by atoms with van der Waals surface area (Å²) in [4.78, 5) is 12.4. The van der Waals surface area contributed by atoms with Gasteiger partial charge >= 0.3 is 0 Å². The van der Waals surface area contributed by atoms with Crippen LogP contribution in [0.1, 0.15) is 38.8 Å². The van der Waals surface area contributed by atoms with Crippen LogP contribution in [0.4, 0.5) is 5.69 Å². The summed E-state index contributed by atoms with van der Waals surface area (Å²) in [5.74, 6) is -0.232. The number of carbonyl (C=O) groups is 1. The molecular formula is C20H23N3O2. The summed E-state index contributed by atoms with van der Waals surface area (Å²) in [6.07, 6.45) is 1.95. The van der Waals surface area contributed by atoms with Crippen LogP contribution in [0.3, 0.4) is 0 Å². The van der Waals surface area contributed by atoms with Crippen LogP contribution < -0.4 is 5.32 Å². The lowest BCUT2D eigenvalue weighted by Crippen LogP contribution is -2.28. The molecule has 3 aromatic rings. The van der Waals surface area contributed by atoms with E-state index in [1.807, 2.05) is 59.4 Å². The van der Waals surface area contributed by atoms with Gasteiger partial charge in [-0.05, 0) is 44.5 Å². The molecule has 0 radical (unpaired) electrons. The number of aliphatic hydroxyl groups is 1. The summed E-state index contributed by atoms with van der Waals surface area (Å²) in [5.41, 5.74) is 1.10. The first kappa shape index (κ1) is 17.2. The zero-order chi connectivity index (χ0) is 18.0. The van der Waals surface area contributed by atoms with Crippen LogP contribution in [0.2, 0.25) is 0 Å². The lowest BCUT2D eigenvalue weighted by Gasteiger charge is -2.23. The Labute approximate surface area is 147 Å². The minimum absolute atomic E-state index is 0.0136. The third-order valence-electron chi connectivity index (χ3n) is 4.24. The maximum Gasteiger partial charge on any atom is 0.227 e. The molecule has 0 saturated carbocycles. The van der Waals surface area contributed by atoms with Crippen molar-refractivity contribution in [1.29, 1.82) is 0 Å². The van der Waals surface area contributed by atoms with Crippen LogP contribution in [-0.4, -0.2) is 20.8 Å². The average Bonchev–Trinajstić information content (AvgIpc) is 2.98. The van der Waals surface area contributed by atoms with Gasteiger partial charge in [0.05, 0.1) is 17.5 Å². The van der Waals surface area contributed by atoms with Crippen molar-refractivity contribution in [3.63, 3.8) is 0 Å². The zero-order valence-electron chi connectivity index (χ0n) is 14.7. The minimum atomic E-state index is -1.21. The largest absolute Gasteiger partial charge is 0.385 e. The molecule has 130 valence electrons. The molecule has 1 aromatic heterocycles. The second kappa shape index (κ2) is 6.69. The Hall–Kier alpha value is -2.66. The summed E-state index contributed by atoms with van der Waals surface area (Å²) in [5, 5.41) is 18.9. The summed E-state index contributed by atoms with van der Waals surface area (Å²) >= 11 is 0. The number of hydrogen-bond acceptors (Lipinski definition) is 3. The molecule has 2 aromatic carbocycles. The van der Waals surface area contributed by atoms with E-state index in [2.05, 4.69) is 24.3 Å². The number of fused-ring (bicyclic) bond motifs is 1. The van der Waals surface area contributed by atoms with E-state index in [4.69, 9.17) is 0 Å². The van der Waals surface area contributed by atoms with E-state index < -0.39 is 5.60 Å². The van der Waals surface area contributed by atoms with Crippen molar-refractivity contribution >= 4 is 22.5 Å². The number of amides is 1. The van der Waals surface area contributed by atoms with Crippen molar-refractivity contribution in [2.75, 3.05) is 5.32 Å². The van der Waals surface area contributed by atoms with Gasteiger partial charge in [0, 0.05) is 23.3 Å². The van der Waals surface area contributed by atoms with Crippen molar-refractivity contribution in [1.82, 2.24) is 9.78 Å². The third kappa shape index (κ3) is 3.88. The molecule has 3 rings (SSSR count). The van der Waals surface area contributed by atoms with E-state index in [0.29, 0.717) is 5.69 Å². The standard InChI is InChI=1S/C20H23N3O2/c1-14(2)23-13-15-11-17(9-10-18(15)22-23)21-19(24)12-20(3,25)16-7-5-4-6-8-16/h4-11,13-14,25H,12H2,1-3H3,(H,21,24). The van der Waals surface area contributed by atoms with Gasteiger partial charge in [-0.2, -0.15) is 5.10 Å². The molecule has 1 unspecified atom stereocenters. The van der Waals surface area contributed by atoms with Crippen molar-refractivity contribution in [2.45, 2.75) is 38.8 Å². The fourth-order valence-electron chi connectivity index (χ4n) is 2.80. The molecule has 0 aliphatic rings. The van der Waals surface area contributed by atoms with E-state index in [1.165, 1.54) is 0 Å². The van der Waals surface area contributed by atoms with Gasteiger partial charge in [0.2, 0.25) is 5.91 Å². The number of rotatable bonds is 5. The van der Waals surface area contributed by atoms with Gasteiger partial charge in [0.1, 0.15) is 0 Å². The smallest absolute Gasteiger partial charge is 0.227 e. The highest BCUT2D eigenvalue weighted by Gasteiger charge is 2.26. The highest BCUT2D eigenvalue weighted by atomic mass is 16.3. The lowest BCUT2D eigenvalue weighted by atomic mass is 9.92. The summed E-state index contributed by atoms with van der Waals surface area (Å²) in [7, 11) is 0. The number of carbonyl (C=O) groups excluding carboxylic acids is 1. The Balaban J connectivity index is 1.73. The average molecular weight is 337 g/mol. The van der Waals surface area contributed by atoms with Gasteiger partial charge < -0.3 is 10.4 Å². The molecule has 1 atom stereocenters. The maximum absolute atomic E-state index is 12.4. The summed E-state index contributed by atoms with van der Waals surface area (Å²) < 4.78 is 1.90. The SMILES string of the molecule is CC(C)n1cc2cc(NC(=O)CC(C)(O)c3ccccc3)ccc2n1. The summed E-state index contributed by atoms with van der Waals surface area (Å²) in [6.45, 7) is 5.79. The molecule has 5 nitrogen and oxygen atoms in total. The van der Waals surface area contributed by atoms with E-state index >= 15 is 0 Å². The molecular weight excluding hydrogens is 314 g/mol. The fraction of sp³-hybridized carbons (Fsp3) is 0.300. The molecule has 25 heavy (non-hydrogen) atoms. The van der Waals surface area contributed by atoms with Gasteiger partial charge in [-0.3, -0.25) is 9.48 Å².